The normalized spacial score (nSPS) is 16.8. The van der Waals surface area contributed by atoms with E-state index in [1.54, 1.807) is 0 Å². The molecule has 0 bridgehead atoms. The van der Waals surface area contributed by atoms with Crippen molar-refractivity contribution in [2.75, 3.05) is 0 Å². The molecule has 1 atom stereocenters. The summed E-state index contributed by atoms with van der Waals surface area (Å²) in [4.78, 5) is 0. The molecule has 0 heterocycles. The maximum Gasteiger partial charge on any atom is 0.356 e. The van der Waals surface area contributed by atoms with Gasteiger partial charge in [-0.15, -0.1) is 33.2 Å². The van der Waals surface area contributed by atoms with Gasteiger partial charge in [0.1, 0.15) is 19.4 Å². The zero-order chi connectivity index (χ0) is 16.5. The van der Waals surface area contributed by atoms with Crippen LogP contribution in [0, 0.1) is 0 Å². The summed E-state index contributed by atoms with van der Waals surface area (Å²) >= 11 is 19.4. The molecule has 124 valence electrons. The van der Waals surface area contributed by atoms with Gasteiger partial charge in [0.05, 0.1) is 0 Å². The SMILES string of the molecule is CC=C(C)[SiH2]N([SiH2]C(C)=CC)C(CCCCC)[Si](Cl)(Cl)Cl. The third-order valence-electron chi connectivity index (χ3n) is 3.79. The maximum atomic E-state index is 6.46. The van der Waals surface area contributed by atoms with Gasteiger partial charge in [0.15, 0.2) is 0 Å². The lowest BCUT2D eigenvalue weighted by molar-refractivity contribution is 0.528. The highest BCUT2D eigenvalue weighted by atomic mass is 35.8. The van der Waals surface area contributed by atoms with Crippen LogP contribution in [0.2, 0.25) is 0 Å². The summed E-state index contributed by atoms with van der Waals surface area (Å²) in [5.41, 5.74) is 0.206. The summed E-state index contributed by atoms with van der Waals surface area (Å²) in [5, 5.41) is 2.99. The summed E-state index contributed by atoms with van der Waals surface area (Å²) < 4.78 is 2.64. The Morgan fingerprint density at radius 1 is 1.05 bits per heavy atom. The number of unbranched alkanes of at least 4 members (excludes halogenated alkanes) is 2. The molecule has 0 aliphatic rings. The summed E-state index contributed by atoms with van der Waals surface area (Å²) in [6.07, 6.45) is 9.11. The van der Waals surface area contributed by atoms with E-state index >= 15 is 0 Å². The molecule has 0 saturated heterocycles. The lowest BCUT2D eigenvalue weighted by atomic mass is 10.2. The highest BCUT2D eigenvalue weighted by Gasteiger charge is 2.40. The van der Waals surface area contributed by atoms with Crippen molar-refractivity contribution in [2.24, 2.45) is 0 Å². The second-order valence-electron chi connectivity index (χ2n) is 5.73. The minimum absolute atomic E-state index is 0.206. The van der Waals surface area contributed by atoms with Gasteiger partial charge in [-0.3, -0.25) is 0 Å². The van der Waals surface area contributed by atoms with E-state index in [2.05, 4.69) is 51.0 Å². The van der Waals surface area contributed by atoms with Crippen molar-refractivity contribution in [2.45, 2.75) is 66.0 Å². The minimum atomic E-state index is -2.70. The Bertz CT molecular complexity index is 334. The molecule has 1 nitrogen and oxygen atoms in total. The van der Waals surface area contributed by atoms with Crippen LogP contribution in [0.3, 0.4) is 0 Å². The second kappa shape index (κ2) is 11.5. The lowest BCUT2D eigenvalue weighted by Gasteiger charge is -2.36. The van der Waals surface area contributed by atoms with Crippen molar-refractivity contribution < 1.29 is 0 Å². The molecule has 7 heteroatoms. The Labute approximate surface area is 151 Å². The molecule has 1 unspecified atom stereocenters. The van der Waals surface area contributed by atoms with Gasteiger partial charge >= 0.3 is 6.00 Å². The van der Waals surface area contributed by atoms with Crippen LogP contribution >= 0.6 is 33.2 Å². The number of hydrogen-bond donors (Lipinski definition) is 0. The summed E-state index contributed by atoms with van der Waals surface area (Å²) in [6.45, 7) is 10.9. The molecule has 0 radical (unpaired) electrons. The molecule has 21 heavy (non-hydrogen) atoms. The Kier molecular flexibility index (Phi) is 12.0. The highest BCUT2D eigenvalue weighted by molar-refractivity contribution is 7.65. The number of nitrogens with zero attached hydrogens (tertiary/aromatic N) is 1. The lowest BCUT2D eigenvalue weighted by Crippen LogP contribution is -2.51. The number of rotatable bonds is 10. The molecule has 0 rings (SSSR count). The topological polar surface area (TPSA) is 3.24 Å². The number of halogens is 3. The highest BCUT2D eigenvalue weighted by Crippen LogP contribution is 2.31. The van der Waals surface area contributed by atoms with Crippen LogP contribution < -0.4 is 0 Å². The van der Waals surface area contributed by atoms with Gasteiger partial charge < -0.3 is 4.23 Å². The van der Waals surface area contributed by atoms with E-state index in [0.29, 0.717) is 0 Å². The van der Waals surface area contributed by atoms with Crippen molar-refractivity contribution in [3.63, 3.8) is 0 Å². The quantitative estimate of drug-likeness (QED) is 0.296. The Balaban J connectivity index is 5.14. The third kappa shape index (κ3) is 9.64. The van der Waals surface area contributed by atoms with Gasteiger partial charge in [0, 0.05) is 5.67 Å². The van der Waals surface area contributed by atoms with E-state index in [4.69, 9.17) is 33.2 Å². The summed E-state index contributed by atoms with van der Waals surface area (Å²) in [5.74, 6) is 0. The molecule has 0 spiro atoms. The zero-order valence-electron chi connectivity index (χ0n) is 14.1. The molecule has 0 aromatic carbocycles. The van der Waals surface area contributed by atoms with E-state index in [1.807, 2.05) is 0 Å². The predicted molar refractivity (Wildman–Crippen MR) is 109 cm³/mol. The van der Waals surface area contributed by atoms with Gasteiger partial charge in [-0.05, 0) is 34.1 Å². The van der Waals surface area contributed by atoms with E-state index in [9.17, 15) is 0 Å². The van der Waals surface area contributed by atoms with E-state index in [0.717, 1.165) is 6.42 Å². The molecular formula is C14H30Cl3NSi3. The van der Waals surface area contributed by atoms with Crippen molar-refractivity contribution in [1.29, 1.82) is 0 Å². The first kappa shape index (κ1) is 22.0. The van der Waals surface area contributed by atoms with E-state index in [-0.39, 0.29) is 5.67 Å². The third-order valence-corrected chi connectivity index (χ3v) is 13.0. The minimum Gasteiger partial charge on any atom is -0.345 e. The average molecular weight is 403 g/mol. The van der Waals surface area contributed by atoms with Crippen LogP contribution in [0.4, 0.5) is 0 Å². The second-order valence-corrected chi connectivity index (χ2v) is 20.0. The first-order valence-electron chi connectivity index (χ1n) is 7.80. The molecular weight excluding hydrogens is 373 g/mol. The Hall–Kier alpha value is 0.961. The van der Waals surface area contributed by atoms with Crippen molar-refractivity contribution in [3.05, 3.63) is 22.5 Å². The molecule has 0 fully saturated rings. The Morgan fingerprint density at radius 3 is 1.86 bits per heavy atom. The molecule has 0 aromatic heterocycles. The maximum absolute atomic E-state index is 6.46. The number of allylic oxidation sites excluding steroid dienone is 4. The van der Waals surface area contributed by atoms with E-state index in [1.165, 1.54) is 29.7 Å². The average Bonchev–Trinajstić information content (AvgIpc) is 2.41. The van der Waals surface area contributed by atoms with Crippen LogP contribution in [0.1, 0.15) is 60.3 Å². The van der Waals surface area contributed by atoms with Gasteiger partial charge in [0.25, 0.3) is 0 Å². The summed E-state index contributed by atoms with van der Waals surface area (Å²) in [7, 11) is -0.934. The fourth-order valence-electron chi connectivity index (χ4n) is 2.24. The Morgan fingerprint density at radius 2 is 1.52 bits per heavy atom. The van der Waals surface area contributed by atoms with Crippen LogP contribution in [-0.2, 0) is 0 Å². The molecule has 0 N–H and O–H groups in total. The standard InChI is InChI=1S/C14H30Cl3NSi3/c1-6-9-10-11-14(21(15,16)17)18(19-12(4)7-2)20-13(5)8-3/h7-8,14H,6,9-11,19-20H2,1-5H3. The zero-order valence-corrected chi connectivity index (χ0v) is 20.2. The molecule has 0 aliphatic carbocycles. The monoisotopic (exact) mass is 401 g/mol. The molecule has 0 amide bonds. The largest absolute Gasteiger partial charge is 0.356 e. The van der Waals surface area contributed by atoms with Crippen LogP contribution in [-0.4, -0.2) is 35.3 Å². The van der Waals surface area contributed by atoms with Gasteiger partial charge in [-0.25, -0.2) is 0 Å². The molecule has 0 aromatic rings. The fraction of sp³-hybridized carbons (Fsp3) is 0.714. The number of hydrogen-bond acceptors (Lipinski definition) is 1. The van der Waals surface area contributed by atoms with Crippen LogP contribution in [0.15, 0.2) is 22.5 Å². The smallest absolute Gasteiger partial charge is 0.345 e. The first-order valence-corrected chi connectivity index (χ1v) is 15.6. The van der Waals surface area contributed by atoms with Crippen molar-refractivity contribution in [3.8, 4) is 0 Å². The van der Waals surface area contributed by atoms with E-state index < -0.39 is 25.4 Å². The van der Waals surface area contributed by atoms with Gasteiger partial charge in [-0.1, -0.05) is 48.7 Å². The predicted octanol–water partition coefficient (Wildman–Crippen LogP) is 4.45. The molecule has 0 saturated carbocycles. The molecule has 0 aliphatic heterocycles. The van der Waals surface area contributed by atoms with Gasteiger partial charge in [-0.2, -0.15) is 0 Å². The van der Waals surface area contributed by atoms with Crippen molar-refractivity contribution >= 4 is 58.6 Å². The fourth-order valence-corrected chi connectivity index (χ4v) is 14.7. The first-order chi connectivity index (χ1) is 9.76. The van der Waals surface area contributed by atoms with Gasteiger partial charge in [0.2, 0.25) is 0 Å². The van der Waals surface area contributed by atoms with Crippen molar-refractivity contribution in [1.82, 2.24) is 4.23 Å². The van der Waals surface area contributed by atoms with Crippen LogP contribution in [0.25, 0.3) is 0 Å². The summed E-state index contributed by atoms with van der Waals surface area (Å²) in [6, 6.07) is -2.70. The van der Waals surface area contributed by atoms with Crippen LogP contribution in [0.5, 0.6) is 0 Å².